The highest BCUT2D eigenvalue weighted by Crippen LogP contribution is 2.46. The molecule has 0 radical (unpaired) electrons. The Morgan fingerprint density at radius 1 is 0.808 bits per heavy atom. The zero-order chi connectivity index (χ0) is 18.4. The van der Waals surface area contributed by atoms with E-state index in [1.165, 1.54) is 11.1 Å². The summed E-state index contributed by atoms with van der Waals surface area (Å²) in [4.78, 5) is 0. The summed E-state index contributed by atoms with van der Waals surface area (Å²) in [6.07, 6.45) is 0. The van der Waals surface area contributed by atoms with Gasteiger partial charge in [0.15, 0.2) is 0 Å². The minimum atomic E-state index is 0.127. The van der Waals surface area contributed by atoms with Crippen LogP contribution >= 0.6 is 11.8 Å². The average Bonchev–Trinajstić information content (AvgIpc) is 2.70. The molecule has 0 amide bonds. The number of benzene rings is 3. The van der Waals surface area contributed by atoms with Crippen molar-refractivity contribution in [2.45, 2.75) is 17.9 Å². The van der Waals surface area contributed by atoms with E-state index in [1.54, 1.807) is 14.2 Å². The van der Waals surface area contributed by atoms with E-state index in [4.69, 9.17) is 9.47 Å². The summed E-state index contributed by atoms with van der Waals surface area (Å²) in [6.45, 7) is 2.06. The second kappa shape index (κ2) is 8.81. The lowest BCUT2D eigenvalue weighted by Gasteiger charge is -2.23. The number of hydrogen-bond acceptors (Lipinski definition) is 3. The second-order valence-electron chi connectivity index (χ2n) is 6.17. The quantitative estimate of drug-likeness (QED) is 0.509. The molecule has 3 heteroatoms. The van der Waals surface area contributed by atoms with Crippen molar-refractivity contribution in [3.8, 4) is 11.5 Å². The summed E-state index contributed by atoms with van der Waals surface area (Å²) < 4.78 is 11.5. The Morgan fingerprint density at radius 3 is 1.88 bits per heavy atom. The Hall–Kier alpha value is -2.39. The van der Waals surface area contributed by atoms with Gasteiger partial charge in [-0.15, -0.1) is 11.8 Å². The summed E-state index contributed by atoms with van der Waals surface area (Å²) in [5.41, 5.74) is 4.77. The fraction of sp³-hybridized carbons (Fsp3) is 0.217. The monoisotopic (exact) mass is 364 g/mol. The van der Waals surface area contributed by atoms with Crippen molar-refractivity contribution in [1.82, 2.24) is 0 Å². The van der Waals surface area contributed by atoms with Crippen LogP contribution < -0.4 is 9.47 Å². The summed E-state index contributed by atoms with van der Waals surface area (Å²) >= 11 is 1.89. The van der Waals surface area contributed by atoms with Gasteiger partial charge >= 0.3 is 0 Å². The number of ether oxygens (including phenoxy) is 2. The van der Waals surface area contributed by atoms with Crippen LogP contribution in [-0.4, -0.2) is 14.2 Å². The molecule has 26 heavy (non-hydrogen) atoms. The first kappa shape index (κ1) is 18.4. The van der Waals surface area contributed by atoms with Crippen LogP contribution in [0.3, 0.4) is 0 Å². The molecule has 0 saturated heterocycles. The van der Waals surface area contributed by atoms with Gasteiger partial charge in [-0.3, -0.25) is 0 Å². The van der Waals surface area contributed by atoms with Crippen molar-refractivity contribution in [1.29, 1.82) is 0 Å². The molecule has 2 nitrogen and oxygen atoms in total. The predicted octanol–water partition coefficient (Wildman–Crippen LogP) is 6.04. The van der Waals surface area contributed by atoms with E-state index in [9.17, 15) is 0 Å². The van der Waals surface area contributed by atoms with Crippen LogP contribution in [0.2, 0.25) is 0 Å². The minimum absolute atomic E-state index is 0.127. The molecular formula is C23H24O2S. The first-order valence-electron chi connectivity index (χ1n) is 8.66. The lowest BCUT2D eigenvalue weighted by atomic mass is 10.0. The van der Waals surface area contributed by atoms with E-state index in [0.717, 1.165) is 28.4 Å². The Kier molecular flexibility index (Phi) is 6.24. The van der Waals surface area contributed by atoms with Crippen molar-refractivity contribution in [3.05, 3.63) is 95.1 Å². The third-order valence-corrected chi connectivity index (χ3v) is 5.65. The molecule has 1 unspecified atom stereocenters. The van der Waals surface area contributed by atoms with E-state index < -0.39 is 0 Å². The molecule has 0 N–H and O–H groups in total. The van der Waals surface area contributed by atoms with Crippen LogP contribution in [0.15, 0.2) is 72.8 Å². The number of methoxy groups -OCH3 is 2. The Labute approximate surface area is 160 Å². The van der Waals surface area contributed by atoms with E-state index in [-0.39, 0.29) is 5.25 Å². The van der Waals surface area contributed by atoms with Crippen molar-refractivity contribution in [2.24, 2.45) is 0 Å². The minimum Gasteiger partial charge on any atom is -0.496 e. The molecule has 0 aliphatic heterocycles. The summed E-state index contributed by atoms with van der Waals surface area (Å²) in [7, 11) is 3.45. The molecule has 1 atom stereocenters. The van der Waals surface area contributed by atoms with Crippen LogP contribution in [0.25, 0.3) is 0 Å². The van der Waals surface area contributed by atoms with E-state index in [1.807, 2.05) is 17.8 Å². The Balaban J connectivity index is 2.04. The smallest absolute Gasteiger partial charge is 0.127 e. The van der Waals surface area contributed by atoms with Crippen LogP contribution in [0, 0.1) is 6.92 Å². The van der Waals surface area contributed by atoms with Gasteiger partial charge in [-0.1, -0.05) is 60.7 Å². The van der Waals surface area contributed by atoms with Crippen molar-refractivity contribution < 1.29 is 9.47 Å². The van der Waals surface area contributed by atoms with E-state index in [0.29, 0.717) is 0 Å². The van der Waals surface area contributed by atoms with E-state index in [2.05, 4.69) is 73.7 Å². The molecule has 3 rings (SSSR count). The third-order valence-electron chi connectivity index (χ3n) is 4.31. The molecule has 0 bridgehead atoms. The van der Waals surface area contributed by atoms with Gasteiger partial charge in [-0.25, -0.2) is 0 Å². The highest BCUT2D eigenvalue weighted by Gasteiger charge is 2.24. The molecule has 0 aromatic heterocycles. The number of rotatable bonds is 7. The summed E-state index contributed by atoms with van der Waals surface area (Å²) in [6, 6.07) is 25.3. The van der Waals surface area contributed by atoms with Crippen LogP contribution in [0.5, 0.6) is 11.5 Å². The molecule has 0 aliphatic carbocycles. The highest BCUT2D eigenvalue weighted by molar-refractivity contribution is 7.99. The molecular weight excluding hydrogens is 340 g/mol. The normalized spacial score (nSPS) is 11.8. The molecule has 134 valence electrons. The SMILES string of the molecule is COc1cc(C)cc(OC)c1C(SCc1ccccc1)c1ccccc1. The van der Waals surface area contributed by atoms with Crippen LogP contribution in [0.1, 0.15) is 27.5 Å². The number of hydrogen-bond donors (Lipinski definition) is 0. The zero-order valence-electron chi connectivity index (χ0n) is 15.4. The first-order chi connectivity index (χ1) is 12.7. The number of aryl methyl sites for hydroxylation is 1. The second-order valence-corrected chi connectivity index (χ2v) is 7.26. The van der Waals surface area contributed by atoms with Gasteiger partial charge in [0.25, 0.3) is 0 Å². The molecule has 0 heterocycles. The maximum absolute atomic E-state index is 5.73. The van der Waals surface area contributed by atoms with Gasteiger partial charge in [0.1, 0.15) is 11.5 Å². The van der Waals surface area contributed by atoms with Gasteiger partial charge in [0, 0.05) is 5.75 Å². The van der Waals surface area contributed by atoms with E-state index >= 15 is 0 Å². The highest BCUT2D eigenvalue weighted by atomic mass is 32.2. The lowest BCUT2D eigenvalue weighted by Crippen LogP contribution is -2.04. The Morgan fingerprint density at radius 2 is 1.35 bits per heavy atom. The van der Waals surface area contributed by atoms with Crippen molar-refractivity contribution in [3.63, 3.8) is 0 Å². The van der Waals surface area contributed by atoms with Gasteiger partial charge in [0.05, 0.1) is 25.0 Å². The molecule has 3 aromatic carbocycles. The molecule has 0 saturated carbocycles. The van der Waals surface area contributed by atoms with Crippen molar-refractivity contribution in [2.75, 3.05) is 14.2 Å². The molecule has 0 aliphatic rings. The standard InChI is InChI=1S/C23H24O2S/c1-17-14-20(24-2)22(21(15-17)25-3)23(19-12-8-5-9-13-19)26-16-18-10-6-4-7-11-18/h4-15,23H,16H2,1-3H3. The molecule has 3 aromatic rings. The Bertz CT molecular complexity index is 806. The fourth-order valence-corrected chi connectivity index (χ4v) is 4.36. The third kappa shape index (κ3) is 4.23. The van der Waals surface area contributed by atoms with Gasteiger partial charge in [0.2, 0.25) is 0 Å². The van der Waals surface area contributed by atoms with Gasteiger partial charge < -0.3 is 9.47 Å². The predicted molar refractivity (Wildman–Crippen MR) is 110 cm³/mol. The molecule has 0 spiro atoms. The fourth-order valence-electron chi connectivity index (χ4n) is 3.06. The first-order valence-corrected chi connectivity index (χ1v) is 9.70. The maximum atomic E-state index is 5.73. The van der Waals surface area contributed by atoms with Crippen LogP contribution in [-0.2, 0) is 5.75 Å². The zero-order valence-corrected chi connectivity index (χ0v) is 16.3. The van der Waals surface area contributed by atoms with Crippen LogP contribution in [0.4, 0.5) is 0 Å². The van der Waals surface area contributed by atoms with Crippen molar-refractivity contribution >= 4 is 11.8 Å². The number of thioether (sulfide) groups is 1. The average molecular weight is 365 g/mol. The van der Waals surface area contributed by atoms with Gasteiger partial charge in [-0.2, -0.15) is 0 Å². The summed E-state index contributed by atoms with van der Waals surface area (Å²) in [5, 5.41) is 0.127. The molecule has 0 fully saturated rings. The van der Waals surface area contributed by atoms with Gasteiger partial charge in [-0.05, 0) is 35.7 Å². The lowest BCUT2D eigenvalue weighted by molar-refractivity contribution is 0.386. The largest absolute Gasteiger partial charge is 0.496 e. The maximum Gasteiger partial charge on any atom is 0.127 e. The summed E-state index contributed by atoms with van der Waals surface area (Å²) in [5.74, 6) is 2.66. The topological polar surface area (TPSA) is 18.5 Å².